The van der Waals surface area contributed by atoms with Crippen LogP contribution in [-0.4, -0.2) is 57.4 Å². The van der Waals surface area contributed by atoms with E-state index in [4.69, 9.17) is 5.11 Å². The quantitative estimate of drug-likeness (QED) is 0.395. The molecule has 3 heterocycles. The van der Waals surface area contributed by atoms with Crippen molar-refractivity contribution >= 4 is 50.1 Å². The summed E-state index contributed by atoms with van der Waals surface area (Å²) in [5.74, 6) is -1.23. The number of nitrogens with one attached hydrogen (secondary N) is 2. The highest BCUT2D eigenvalue weighted by molar-refractivity contribution is 7.23. The molecule has 3 N–H and O–H groups in total. The molecule has 1 aliphatic rings. The van der Waals surface area contributed by atoms with Gasteiger partial charge in [0.15, 0.2) is 4.96 Å². The molecule has 9 nitrogen and oxygen atoms in total. The monoisotopic (exact) mass is 495 g/mol. The number of rotatable bonds is 4. The maximum absolute atomic E-state index is 14.7. The molecule has 11 heteroatoms. The summed E-state index contributed by atoms with van der Waals surface area (Å²) in [5, 5.41) is 14.5. The summed E-state index contributed by atoms with van der Waals surface area (Å²) in [6.07, 6.45) is 1.79. The van der Waals surface area contributed by atoms with E-state index in [-0.39, 0.29) is 23.3 Å². The molecule has 0 unspecified atom stereocenters. The fourth-order valence-electron chi connectivity index (χ4n) is 4.29. The first-order valence-electron chi connectivity index (χ1n) is 11.1. The van der Waals surface area contributed by atoms with Crippen LogP contribution < -0.4 is 10.6 Å². The number of carboxylic acid groups (broad SMARTS) is 1. The number of anilines is 1. The third-order valence-electron chi connectivity index (χ3n) is 6.23. The van der Waals surface area contributed by atoms with Crippen molar-refractivity contribution in [2.75, 3.05) is 25.5 Å². The number of fused-ring (bicyclic) bond motifs is 3. The summed E-state index contributed by atoms with van der Waals surface area (Å²) in [6.45, 7) is 0.706. The Kier molecular flexibility index (Phi) is 5.85. The van der Waals surface area contributed by atoms with Crippen molar-refractivity contribution in [1.29, 1.82) is 0 Å². The number of halogens is 1. The van der Waals surface area contributed by atoms with Crippen molar-refractivity contribution < 1.29 is 23.9 Å². The van der Waals surface area contributed by atoms with E-state index in [1.54, 1.807) is 24.4 Å². The molecule has 35 heavy (non-hydrogen) atoms. The topological polar surface area (TPSA) is 116 Å². The van der Waals surface area contributed by atoms with Crippen LogP contribution in [-0.2, 0) is 4.79 Å². The number of aromatic nitrogens is 2. The number of carbonyl (C=O) groups excluding carboxylic acids is 2. The molecule has 4 aromatic rings. The summed E-state index contributed by atoms with van der Waals surface area (Å²) in [7, 11) is 1.49. The van der Waals surface area contributed by atoms with E-state index in [2.05, 4.69) is 15.6 Å². The lowest BCUT2D eigenvalue weighted by Crippen LogP contribution is -2.40. The predicted octanol–water partition coefficient (Wildman–Crippen LogP) is 4.04. The number of benzene rings is 2. The fraction of sp³-hybridized carbons (Fsp3) is 0.250. The van der Waals surface area contributed by atoms with Gasteiger partial charge in [-0.2, -0.15) is 0 Å². The molecular formula is C24H22FN5O4S. The molecule has 1 fully saturated rings. The summed E-state index contributed by atoms with van der Waals surface area (Å²) in [6, 6.07) is 9.85. The zero-order valence-corrected chi connectivity index (χ0v) is 19.6. The van der Waals surface area contributed by atoms with Gasteiger partial charge in [0.1, 0.15) is 5.82 Å². The number of thiazole rings is 1. The molecule has 1 aliphatic heterocycles. The first kappa shape index (κ1) is 22.8. The van der Waals surface area contributed by atoms with Crippen LogP contribution in [0.5, 0.6) is 0 Å². The second kappa shape index (κ2) is 8.99. The zero-order valence-electron chi connectivity index (χ0n) is 18.7. The molecule has 0 bridgehead atoms. The lowest BCUT2D eigenvalue weighted by molar-refractivity contribution is -0.121. The zero-order chi connectivity index (χ0) is 24.7. The number of nitrogens with zero attached hydrogens (tertiary/aromatic N) is 3. The van der Waals surface area contributed by atoms with Gasteiger partial charge in [0.2, 0.25) is 5.91 Å². The van der Waals surface area contributed by atoms with E-state index in [0.717, 1.165) is 10.2 Å². The smallest absolute Gasteiger partial charge is 0.407 e. The molecule has 2 aromatic heterocycles. The molecule has 2 aromatic carbocycles. The second-order valence-corrected chi connectivity index (χ2v) is 9.38. The lowest BCUT2D eigenvalue weighted by Gasteiger charge is -2.29. The van der Waals surface area contributed by atoms with Gasteiger partial charge in [0.25, 0.3) is 5.91 Å². The SMILES string of the molecule is CNC(=O)c1ccc(-c2cn3c(n2)sc2cc(NC(=O)C4CCN(C(=O)O)CC4)ccc23)c(F)c1. The van der Waals surface area contributed by atoms with Gasteiger partial charge in [-0.15, -0.1) is 0 Å². The maximum Gasteiger partial charge on any atom is 0.407 e. The highest BCUT2D eigenvalue weighted by atomic mass is 32.1. The van der Waals surface area contributed by atoms with E-state index < -0.39 is 11.9 Å². The number of amides is 3. The number of carbonyl (C=O) groups is 3. The Hall–Kier alpha value is -3.99. The lowest BCUT2D eigenvalue weighted by atomic mass is 9.96. The fourth-order valence-corrected chi connectivity index (χ4v) is 5.34. The highest BCUT2D eigenvalue weighted by Crippen LogP contribution is 2.32. The minimum atomic E-state index is -0.955. The molecule has 0 spiro atoms. The van der Waals surface area contributed by atoms with Gasteiger partial charge in [-0.1, -0.05) is 11.3 Å². The normalized spacial score (nSPS) is 14.4. The van der Waals surface area contributed by atoms with Crippen molar-refractivity contribution in [2.24, 2.45) is 5.92 Å². The van der Waals surface area contributed by atoms with Crippen molar-refractivity contribution in [1.82, 2.24) is 19.6 Å². The Bertz CT molecular complexity index is 1470. The largest absolute Gasteiger partial charge is 0.465 e. The molecule has 1 saturated heterocycles. The van der Waals surface area contributed by atoms with Gasteiger partial charge < -0.3 is 20.6 Å². The van der Waals surface area contributed by atoms with Crippen molar-refractivity contribution in [2.45, 2.75) is 12.8 Å². The third kappa shape index (κ3) is 4.30. The Morgan fingerprint density at radius 1 is 1.14 bits per heavy atom. The first-order valence-corrected chi connectivity index (χ1v) is 11.9. The molecule has 0 aliphatic carbocycles. The van der Waals surface area contributed by atoms with E-state index >= 15 is 0 Å². The number of piperidine rings is 1. The minimum Gasteiger partial charge on any atom is -0.465 e. The average molecular weight is 496 g/mol. The third-order valence-corrected chi connectivity index (χ3v) is 7.25. The number of hydrogen-bond acceptors (Lipinski definition) is 5. The maximum atomic E-state index is 14.7. The minimum absolute atomic E-state index is 0.117. The molecule has 3 amide bonds. The van der Waals surface area contributed by atoms with E-state index in [9.17, 15) is 18.8 Å². The summed E-state index contributed by atoms with van der Waals surface area (Å²) in [4.78, 5) is 42.0. The molecular weight excluding hydrogens is 473 g/mol. The van der Waals surface area contributed by atoms with Crippen LogP contribution in [0.3, 0.4) is 0 Å². The Morgan fingerprint density at radius 2 is 1.91 bits per heavy atom. The van der Waals surface area contributed by atoms with E-state index in [1.165, 1.54) is 29.4 Å². The van der Waals surface area contributed by atoms with Gasteiger partial charge in [0.05, 0.1) is 15.9 Å². The highest BCUT2D eigenvalue weighted by Gasteiger charge is 2.27. The van der Waals surface area contributed by atoms with Gasteiger partial charge in [-0.05, 0) is 49.2 Å². The van der Waals surface area contributed by atoms with Gasteiger partial charge in [-0.3, -0.25) is 14.0 Å². The van der Waals surface area contributed by atoms with Crippen molar-refractivity contribution in [3.8, 4) is 11.3 Å². The Morgan fingerprint density at radius 3 is 2.60 bits per heavy atom. The van der Waals surface area contributed by atoms with Crippen LogP contribution in [0.15, 0.2) is 42.6 Å². The standard InChI is InChI=1S/C24H22FN5O4S/c1-26-21(31)14-2-4-16(17(25)10-14)18-12-30-19-5-3-15(11-20(19)35-23(30)28-18)27-22(32)13-6-8-29(9-7-13)24(33)34/h2-5,10-13H,6-9H2,1H3,(H,26,31)(H,27,32)(H,33,34). The molecule has 180 valence electrons. The number of likely N-dealkylation sites (tertiary alicyclic amines) is 1. The summed E-state index contributed by atoms with van der Waals surface area (Å²) < 4.78 is 17.5. The average Bonchev–Trinajstić information content (AvgIpc) is 3.41. The van der Waals surface area contributed by atoms with E-state index in [1.807, 2.05) is 16.5 Å². The van der Waals surface area contributed by atoms with Crippen LogP contribution >= 0.6 is 11.3 Å². The van der Waals surface area contributed by atoms with Gasteiger partial charge >= 0.3 is 6.09 Å². The summed E-state index contributed by atoms with van der Waals surface area (Å²) >= 11 is 1.42. The molecule has 0 radical (unpaired) electrons. The van der Waals surface area contributed by atoms with Gasteiger partial charge in [0, 0.05) is 49.1 Å². The molecule has 0 atom stereocenters. The van der Waals surface area contributed by atoms with E-state index in [0.29, 0.717) is 47.8 Å². The molecule has 0 saturated carbocycles. The Balaban J connectivity index is 1.35. The van der Waals surface area contributed by atoms with Crippen LogP contribution in [0, 0.1) is 11.7 Å². The predicted molar refractivity (Wildman–Crippen MR) is 130 cm³/mol. The van der Waals surface area contributed by atoms with Crippen LogP contribution in [0.2, 0.25) is 0 Å². The van der Waals surface area contributed by atoms with Crippen LogP contribution in [0.1, 0.15) is 23.2 Å². The second-order valence-electron chi connectivity index (χ2n) is 8.37. The molecule has 5 rings (SSSR count). The van der Waals surface area contributed by atoms with Crippen LogP contribution in [0.25, 0.3) is 26.4 Å². The first-order chi connectivity index (χ1) is 16.8. The van der Waals surface area contributed by atoms with Crippen LogP contribution in [0.4, 0.5) is 14.9 Å². The summed E-state index contributed by atoms with van der Waals surface area (Å²) in [5.41, 5.74) is 2.54. The Labute approximate surface area is 203 Å². The van der Waals surface area contributed by atoms with Crippen molar-refractivity contribution in [3.05, 3.63) is 54.0 Å². The van der Waals surface area contributed by atoms with Gasteiger partial charge in [-0.25, -0.2) is 14.2 Å². The number of hydrogen-bond donors (Lipinski definition) is 3. The van der Waals surface area contributed by atoms with Crippen molar-refractivity contribution in [3.63, 3.8) is 0 Å². The number of imidazole rings is 1.